The Hall–Kier alpha value is -5.96. The van der Waals surface area contributed by atoms with Crippen molar-refractivity contribution in [2.24, 2.45) is 5.92 Å². The molecule has 2 aromatic carbocycles. The van der Waals surface area contributed by atoms with Crippen LogP contribution in [-0.2, 0) is 25.6 Å². The molecule has 0 radical (unpaired) electrons. The number of carbonyl (C=O) groups excluding carboxylic acids is 7. The number of nitrogens with one attached hydrogen (secondary N) is 5. The molecule has 5 heterocycles. The number of carbonyl (C=O) groups is 7. The highest BCUT2D eigenvalue weighted by molar-refractivity contribution is 6.35. The fourth-order valence-corrected chi connectivity index (χ4v) is 9.28. The Kier molecular flexibility index (Phi) is 14.1. The molecule has 0 bridgehead atoms. The largest absolute Gasteiger partial charge is 0.358 e. The van der Waals surface area contributed by atoms with Gasteiger partial charge in [0.1, 0.15) is 11.9 Å². The first-order chi connectivity index (χ1) is 29.9. The lowest BCUT2D eigenvalue weighted by Crippen LogP contribution is -2.54. The molecule has 0 saturated carbocycles. The summed E-state index contributed by atoms with van der Waals surface area (Å²) >= 11 is 0. The van der Waals surface area contributed by atoms with E-state index in [2.05, 4.69) is 31.2 Å². The van der Waals surface area contributed by atoms with E-state index < -0.39 is 35.5 Å². The second-order valence-electron chi connectivity index (χ2n) is 17.0. The van der Waals surface area contributed by atoms with E-state index in [9.17, 15) is 38.0 Å². The average Bonchev–Trinajstić information content (AvgIpc) is 3.71. The number of aryl methyl sites for hydroxylation is 2. The molecule has 62 heavy (non-hydrogen) atoms. The third-order valence-electron chi connectivity index (χ3n) is 12.7. The van der Waals surface area contributed by atoms with Crippen molar-refractivity contribution in [3.05, 3.63) is 87.0 Å². The molecule has 7 amide bonds. The number of unbranched alkanes of at least 4 members (excludes halogenated alkanes) is 3. The first kappa shape index (κ1) is 44.1. The number of nitrogens with zero attached hydrogens (tertiary/aromatic N) is 2. The quantitative estimate of drug-likeness (QED) is 0.0661. The number of imide groups is 2. The summed E-state index contributed by atoms with van der Waals surface area (Å²) < 4.78 is 13.9. The van der Waals surface area contributed by atoms with Gasteiger partial charge in [-0.1, -0.05) is 25.0 Å². The highest BCUT2D eigenvalue weighted by atomic mass is 19.1. The number of piperidine rings is 1. The van der Waals surface area contributed by atoms with E-state index in [4.69, 9.17) is 0 Å². The molecule has 3 aromatic rings. The maximum atomic E-state index is 13.9. The third-order valence-corrected chi connectivity index (χ3v) is 12.7. The van der Waals surface area contributed by atoms with Crippen molar-refractivity contribution in [3.8, 4) is 0 Å². The second kappa shape index (κ2) is 19.8. The number of fused-ring (bicyclic) bond motifs is 2. The molecule has 0 aliphatic carbocycles. The first-order valence-electron chi connectivity index (χ1n) is 22.0. The zero-order valence-corrected chi connectivity index (χ0v) is 35.6. The molecule has 5 N–H and O–H groups in total. The predicted octanol–water partition coefficient (Wildman–Crippen LogP) is 5.59. The SMILES string of the molecule is Cc1[nH]c(/C=C2\C(=O)Nc3ccc(F)cc32)c(C)c1C(=O)NCCCN1CCCC(CCC(=O)NCCCCCCc2cccc3c2C(=O)N(C2CCC(=O)NC2=O)C3=O)CC1. The van der Waals surface area contributed by atoms with Gasteiger partial charge in [-0.05, 0) is 139 Å². The van der Waals surface area contributed by atoms with Crippen LogP contribution in [-0.4, -0.2) is 94.9 Å². The van der Waals surface area contributed by atoms with E-state index >= 15 is 0 Å². The second-order valence-corrected chi connectivity index (χ2v) is 17.0. The lowest BCUT2D eigenvalue weighted by atomic mass is 9.95. The van der Waals surface area contributed by atoms with Gasteiger partial charge in [0, 0.05) is 48.6 Å². The summed E-state index contributed by atoms with van der Waals surface area (Å²) in [7, 11) is 0. The van der Waals surface area contributed by atoms with Crippen LogP contribution in [0.1, 0.15) is 136 Å². The van der Waals surface area contributed by atoms with E-state index in [1.54, 1.807) is 18.2 Å². The van der Waals surface area contributed by atoms with Crippen LogP contribution in [0.2, 0.25) is 0 Å². The van der Waals surface area contributed by atoms with Gasteiger partial charge in [0.15, 0.2) is 0 Å². The number of H-pyrrole nitrogens is 1. The van der Waals surface area contributed by atoms with Crippen LogP contribution in [0.4, 0.5) is 10.1 Å². The Morgan fingerprint density at radius 1 is 0.871 bits per heavy atom. The zero-order valence-electron chi connectivity index (χ0n) is 35.6. The number of benzene rings is 2. The molecule has 4 aliphatic heterocycles. The number of hydrogen-bond acceptors (Lipinski definition) is 8. The minimum Gasteiger partial charge on any atom is -0.358 e. The number of anilines is 1. The lowest BCUT2D eigenvalue weighted by Gasteiger charge is -2.27. The summed E-state index contributed by atoms with van der Waals surface area (Å²) in [6.07, 6.45) is 11.3. The van der Waals surface area contributed by atoms with Crippen molar-refractivity contribution in [2.45, 2.75) is 103 Å². The molecule has 2 atom stereocenters. The van der Waals surface area contributed by atoms with Gasteiger partial charge in [-0.2, -0.15) is 0 Å². The van der Waals surface area contributed by atoms with E-state index in [1.807, 2.05) is 19.9 Å². The summed E-state index contributed by atoms with van der Waals surface area (Å²) in [5.41, 5.74) is 5.42. The molecule has 2 saturated heterocycles. The Balaban J connectivity index is 0.751. The van der Waals surface area contributed by atoms with Crippen molar-refractivity contribution in [3.63, 3.8) is 0 Å². The number of aromatic nitrogens is 1. The molecule has 1 aromatic heterocycles. The van der Waals surface area contributed by atoms with Crippen LogP contribution in [0.3, 0.4) is 0 Å². The summed E-state index contributed by atoms with van der Waals surface area (Å²) in [5.74, 6) is -2.35. The lowest BCUT2D eigenvalue weighted by molar-refractivity contribution is -0.136. The van der Waals surface area contributed by atoms with Gasteiger partial charge in [-0.3, -0.25) is 43.8 Å². The van der Waals surface area contributed by atoms with Gasteiger partial charge in [0.25, 0.3) is 23.6 Å². The summed E-state index contributed by atoms with van der Waals surface area (Å²) in [6.45, 7) is 7.63. The molecule has 328 valence electrons. The molecule has 14 nitrogen and oxygen atoms in total. The van der Waals surface area contributed by atoms with Gasteiger partial charge in [0.2, 0.25) is 17.7 Å². The van der Waals surface area contributed by atoms with E-state index in [0.29, 0.717) is 76.8 Å². The van der Waals surface area contributed by atoms with Gasteiger partial charge in [-0.25, -0.2) is 4.39 Å². The number of rotatable bonds is 17. The van der Waals surface area contributed by atoms with Gasteiger partial charge < -0.3 is 25.8 Å². The zero-order chi connectivity index (χ0) is 43.9. The Bertz CT molecular complexity index is 2300. The van der Waals surface area contributed by atoms with E-state index in [0.717, 1.165) is 93.4 Å². The number of aromatic amines is 1. The van der Waals surface area contributed by atoms with Crippen LogP contribution in [0.5, 0.6) is 0 Å². The molecular formula is C47H56FN7O7. The Morgan fingerprint density at radius 3 is 2.50 bits per heavy atom. The molecule has 15 heteroatoms. The van der Waals surface area contributed by atoms with Gasteiger partial charge in [-0.15, -0.1) is 0 Å². The molecule has 0 spiro atoms. The molecular weight excluding hydrogens is 794 g/mol. The predicted molar refractivity (Wildman–Crippen MR) is 231 cm³/mol. The van der Waals surface area contributed by atoms with E-state index in [-0.39, 0.29) is 30.6 Å². The number of likely N-dealkylation sites (tertiary alicyclic amines) is 1. The molecule has 2 fully saturated rings. The molecule has 2 unspecified atom stereocenters. The smallest absolute Gasteiger partial charge is 0.262 e. The van der Waals surface area contributed by atoms with Crippen molar-refractivity contribution in [1.29, 1.82) is 0 Å². The normalized spacial score (nSPS) is 19.6. The summed E-state index contributed by atoms with van der Waals surface area (Å²) in [6, 6.07) is 8.41. The Labute approximate surface area is 360 Å². The van der Waals surface area contributed by atoms with Crippen molar-refractivity contribution in [2.75, 3.05) is 38.0 Å². The highest BCUT2D eigenvalue weighted by Gasteiger charge is 2.45. The molecule has 7 rings (SSSR count). The van der Waals surface area contributed by atoms with Crippen LogP contribution >= 0.6 is 0 Å². The standard InChI is InChI=1S/C47H56FN7O7/c1-28-37(27-35-34-26-32(48)15-16-36(34)52-43(35)58)51-29(2)41(28)45(60)50-22-9-24-54-23-8-10-30(20-25-54)14-18-39(56)49-21-6-4-3-5-11-31-12-7-13-33-42(31)47(62)55(46(33)61)38-17-19-40(57)53-44(38)59/h7,12-13,15-16,26-27,30,38,51H,3-6,8-11,14,17-25H2,1-2H3,(H,49,56)(H,50,60)(H,52,58)(H,53,57,59)/b35-27-. The Morgan fingerprint density at radius 2 is 1.68 bits per heavy atom. The van der Waals surface area contributed by atoms with E-state index in [1.165, 1.54) is 18.2 Å². The maximum Gasteiger partial charge on any atom is 0.262 e. The fourth-order valence-electron chi connectivity index (χ4n) is 9.28. The highest BCUT2D eigenvalue weighted by Crippen LogP contribution is 2.35. The summed E-state index contributed by atoms with van der Waals surface area (Å²) in [5, 5.41) is 11.1. The minimum atomic E-state index is -0.982. The van der Waals surface area contributed by atoms with Crippen molar-refractivity contribution >= 4 is 58.7 Å². The first-order valence-corrected chi connectivity index (χ1v) is 22.0. The van der Waals surface area contributed by atoms with Crippen molar-refractivity contribution in [1.82, 2.24) is 30.7 Å². The van der Waals surface area contributed by atoms with Crippen molar-refractivity contribution < 1.29 is 38.0 Å². The number of amides is 7. The number of hydrogen-bond donors (Lipinski definition) is 5. The average molecular weight is 850 g/mol. The topological polar surface area (TPSA) is 190 Å². The summed E-state index contributed by atoms with van der Waals surface area (Å²) in [4.78, 5) is 95.7. The monoisotopic (exact) mass is 849 g/mol. The van der Waals surface area contributed by atoms with Crippen LogP contribution < -0.4 is 21.3 Å². The third kappa shape index (κ3) is 10.0. The van der Waals surface area contributed by atoms with Crippen LogP contribution in [0.15, 0.2) is 36.4 Å². The number of halogens is 1. The van der Waals surface area contributed by atoms with Crippen LogP contribution in [0, 0.1) is 25.6 Å². The molecule has 4 aliphatic rings. The minimum absolute atomic E-state index is 0.0758. The van der Waals surface area contributed by atoms with Crippen LogP contribution in [0.25, 0.3) is 11.6 Å². The van der Waals surface area contributed by atoms with Gasteiger partial charge >= 0.3 is 0 Å². The maximum absolute atomic E-state index is 13.9. The van der Waals surface area contributed by atoms with Gasteiger partial charge in [0.05, 0.1) is 22.3 Å². The fraction of sp³-hybridized carbons (Fsp3) is 0.468.